The van der Waals surface area contributed by atoms with Crippen LogP contribution in [-0.4, -0.2) is 71.5 Å². The summed E-state index contributed by atoms with van der Waals surface area (Å²) in [5.74, 6) is 2.24. The van der Waals surface area contributed by atoms with Crippen LogP contribution in [0.5, 0.6) is 0 Å². The van der Waals surface area contributed by atoms with Crippen molar-refractivity contribution in [3.8, 4) is 6.07 Å². The molecule has 0 spiro atoms. The van der Waals surface area contributed by atoms with E-state index in [4.69, 9.17) is 5.26 Å². The first-order chi connectivity index (χ1) is 12.0. The van der Waals surface area contributed by atoms with Crippen molar-refractivity contribution in [3.05, 3.63) is 18.1 Å². The molecule has 0 saturated carbocycles. The van der Waals surface area contributed by atoms with E-state index >= 15 is 0 Å². The summed E-state index contributed by atoms with van der Waals surface area (Å²) in [6.45, 7) is 10.1. The second-order valence-corrected chi connectivity index (χ2v) is 7.38. The Kier molecular flexibility index (Phi) is 5.49. The number of aromatic nitrogens is 2. The summed E-state index contributed by atoms with van der Waals surface area (Å²) in [4.78, 5) is 27.4. The van der Waals surface area contributed by atoms with Gasteiger partial charge in [0.2, 0.25) is 5.91 Å². The summed E-state index contributed by atoms with van der Waals surface area (Å²) >= 11 is 0. The van der Waals surface area contributed by atoms with Gasteiger partial charge in [0.15, 0.2) is 5.69 Å². The minimum atomic E-state index is 0.255. The highest BCUT2D eigenvalue weighted by atomic mass is 16.2. The highest BCUT2D eigenvalue weighted by molar-refractivity contribution is 5.78. The normalized spacial score (nSPS) is 24.8. The Morgan fingerprint density at radius 1 is 1.16 bits per heavy atom. The van der Waals surface area contributed by atoms with Crippen LogP contribution in [0.3, 0.4) is 0 Å². The highest BCUT2D eigenvalue weighted by Crippen LogP contribution is 2.21. The fourth-order valence-corrected chi connectivity index (χ4v) is 3.84. The highest BCUT2D eigenvalue weighted by Gasteiger charge is 2.27. The van der Waals surface area contributed by atoms with Crippen molar-refractivity contribution in [2.24, 2.45) is 11.8 Å². The summed E-state index contributed by atoms with van der Waals surface area (Å²) in [6.07, 6.45) is 4.37. The third-order valence-corrected chi connectivity index (χ3v) is 5.03. The molecule has 1 aromatic rings. The zero-order valence-corrected chi connectivity index (χ0v) is 15.1. The summed E-state index contributed by atoms with van der Waals surface area (Å²) in [6, 6.07) is 1.98. The fraction of sp³-hybridized carbons (Fsp3) is 0.667. The smallest absolute Gasteiger partial charge is 0.236 e. The number of piperazine rings is 1. The molecule has 2 aliphatic heterocycles. The van der Waals surface area contributed by atoms with Gasteiger partial charge < -0.3 is 9.80 Å². The molecule has 0 N–H and O–H groups in total. The molecule has 0 radical (unpaired) electrons. The SMILES string of the molecule is CC1CC(C)CN(C(=O)CN2CCN(c3cnc(C#N)cn3)CC2)C1. The van der Waals surface area contributed by atoms with Gasteiger partial charge in [-0.2, -0.15) is 5.26 Å². The number of hydrogen-bond donors (Lipinski definition) is 0. The molecule has 2 unspecified atom stereocenters. The van der Waals surface area contributed by atoms with E-state index in [9.17, 15) is 4.79 Å². The molecule has 134 valence electrons. The maximum absolute atomic E-state index is 12.6. The number of anilines is 1. The molecule has 3 rings (SSSR count). The van der Waals surface area contributed by atoms with E-state index in [1.54, 1.807) is 6.20 Å². The molecule has 0 aliphatic carbocycles. The molecule has 2 saturated heterocycles. The molecular formula is C18H26N6O. The van der Waals surface area contributed by atoms with Crippen molar-refractivity contribution in [3.63, 3.8) is 0 Å². The van der Waals surface area contributed by atoms with E-state index in [0.717, 1.165) is 45.1 Å². The molecular weight excluding hydrogens is 316 g/mol. The van der Waals surface area contributed by atoms with E-state index < -0.39 is 0 Å². The van der Waals surface area contributed by atoms with Crippen molar-refractivity contribution >= 4 is 11.7 Å². The summed E-state index contributed by atoms with van der Waals surface area (Å²) in [5.41, 5.74) is 0.331. The van der Waals surface area contributed by atoms with E-state index in [1.165, 1.54) is 12.6 Å². The number of hydrogen-bond acceptors (Lipinski definition) is 6. The number of carbonyl (C=O) groups is 1. The van der Waals surface area contributed by atoms with Gasteiger partial charge in [-0.1, -0.05) is 13.8 Å². The quantitative estimate of drug-likeness (QED) is 0.815. The average molecular weight is 342 g/mol. The van der Waals surface area contributed by atoms with Gasteiger partial charge in [-0.15, -0.1) is 0 Å². The van der Waals surface area contributed by atoms with Crippen molar-refractivity contribution in [1.29, 1.82) is 5.26 Å². The molecule has 0 bridgehead atoms. The maximum Gasteiger partial charge on any atom is 0.236 e. The molecule has 1 aromatic heterocycles. The zero-order chi connectivity index (χ0) is 17.8. The summed E-state index contributed by atoms with van der Waals surface area (Å²) < 4.78 is 0. The van der Waals surface area contributed by atoms with Gasteiger partial charge in [-0.05, 0) is 18.3 Å². The van der Waals surface area contributed by atoms with Gasteiger partial charge in [0.25, 0.3) is 0 Å². The Morgan fingerprint density at radius 2 is 1.84 bits per heavy atom. The molecule has 2 atom stereocenters. The first kappa shape index (κ1) is 17.6. The van der Waals surface area contributed by atoms with E-state index in [1.807, 2.05) is 11.0 Å². The standard InChI is InChI=1S/C18H26N6O/c1-14-7-15(2)12-24(11-14)18(25)13-22-3-5-23(6-4-22)17-10-20-16(8-19)9-21-17/h9-10,14-15H,3-7,11-13H2,1-2H3. The van der Waals surface area contributed by atoms with Crippen LogP contribution in [0.25, 0.3) is 0 Å². The number of piperidine rings is 1. The number of nitriles is 1. The molecule has 7 heteroatoms. The number of nitrogens with zero attached hydrogens (tertiary/aromatic N) is 6. The van der Waals surface area contributed by atoms with Crippen LogP contribution in [0.4, 0.5) is 5.82 Å². The van der Waals surface area contributed by atoms with Crippen LogP contribution < -0.4 is 4.90 Å². The van der Waals surface area contributed by atoms with Crippen LogP contribution >= 0.6 is 0 Å². The van der Waals surface area contributed by atoms with Gasteiger partial charge in [-0.3, -0.25) is 9.69 Å². The van der Waals surface area contributed by atoms with Gasteiger partial charge >= 0.3 is 0 Å². The van der Waals surface area contributed by atoms with Gasteiger partial charge in [0, 0.05) is 39.3 Å². The predicted molar refractivity (Wildman–Crippen MR) is 94.9 cm³/mol. The lowest BCUT2D eigenvalue weighted by Crippen LogP contribution is -2.52. The monoisotopic (exact) mass is 342 g/mol. The van der Waals surface area contributed by atoms with Gasteiger partial charge in [0.1, 0.15) is 11.9 Å². The minimum Gasteiger partial charge on any atom is -0.353 e. The predicted octanol–water partition coefficient (Wildman–Crippen LogP) is 0.975. The average Bonchev–Trinajstić information content (AvgIpc) is 2.61. The lowest BCUT2D eigenvalue weighted by atomic mass is 9.92. The molecule has 7 nitrogen and oxygen atoms in total. The second-order valence-electron chi connectivity index (χ2n) is 7.38. The van der Waals surface area contributed by atoms with E-state index in [0.29, 0.717) is 24.1 Å². The third kappa shape index (κ3) is 4.45. The fourth-order valence-electron chi connectivity index (χ4n) is 3.84. The van der Waals surface area contributed by atoms with Crippen molar-refractivity contribution < 1.29 is 4.79 Å². The Balaban J connectivity index is 1.48. The van der Waals surface area contributed by atoms with Crippen LogP contribution in [-0.2, 0) is 4.79 Å². The maximum atomic E-state index is 12.6. The molecule has 25 heavy (non-hydrogen) atoms. The second kappa shape index (κ2) is 7.79. The van der Waals surface area contributed by atoms with Crippen LogP contribution in [0.15, 0.2) is 12.4 Å². The topological polar surface area (TPSA) is 76.4 Å². The Bertz CT molecular complexity index is 622. The molecule has 1 amide bonds. The first-order valence-corrected chi connectivity index (χ1v) is 9.02. The largest absolute Gasteiger partial charge is 0.353 e. The number of rotatable bonds is 3. The summed E-state index contributed by atoms with van der Waals surface area (Å²) in [7, 11) is 0. The Labute approximate surface area is 149 Å². The zero-order valence-electron chi connectivity index (χ0n) is 15.1. The lowest BCUT2D eigenvalue weighted by molar-refractivity contribution is -0.135. The Morgan fingerprint density at radius 3 is 2.40 bits per heavy atom. The molecule has 2 fully saturated rings. The van der Waals surface area contributed by atoms with Gasteiger partial charge in [-0.25, -0.2) is 9.97 Å². The number of carbonyl (C=O) groups excluding carboxylic acids is 1. The molecule has 2 aliphatic rings. The van der Waals surface area contributed by atoms with Crippen molar-refractivity contribution in [1.82, 2.24) is 19.8 Å². The first-order valence-electron chi connectivity index (χ1n) is 9.02. The van der Waals surface area contributed by atoms with Crippen molar-refractivity contribution in [2.75, 3.05) is 50.7 Å². The van der Waals surface area contributed by atoms with Gasteiger partial charge in [0.05, 0.1) is 18.9 Å². The number of amides is 1. The summed E-state index contributed by atoms with van der Waals surface area (Å²) in [5, 5.41) is 8.79. The third-order valence-electron chi connectivity index (χ3n) is 5.03. The van der Waals surface area contributed by atoms with Crippen LogP contribution in [0, 0.1) is 23.2 Å². The van der Waals surface area contributed by atoms with Crippen LogP contribution in [0.1, 0.15) is 26.0 Å². The van der Waals surface area contributed by atoms with Crippen LogP contribution in [0.2, 0.25) is 0 Å². The van der Waals surface area contributed by atoms with E-state index in [2.05, 4.69) is 33.6 Å². The number of likely N-dealkylation sites (tertiary alicyclic amines) is 1. The Hall–Kier alpha value is -2.20. The minimum absolute atomic E-state index is 0.255. The molecule has 3 heterocycles. The lowest BCUT2D eigenvalue weighted by Gasteiger charge is -2.38. The molecule has 0 aromatic carbocycles. The van der Waals surface area contributed by atoms with Crippen molar-refractivity contribution in [2.45, 2.75) is 20.3 Å². The van der Waals surface area contributed by atoms with E-state index in [-0.39, 0.29) is 5.91 Å².